The number of rotatable bonds is 5. The predicted molar refractivity (Wildman–Crippen MR) is 77.8 cm³/mol. The van der Waals surface area contributed by atoms with Gasteiger partial charge >= 0.3 is 0 Å². The highest BCUT2D eigenvalue weighted by molar-refractivity contribution is 9.10. The third-order valence-corrected chi connectivity index (χ3v) is 4.15. The molecular formula is C13H20BrNOS. The summed E-state index contributed by atoms with van der Waals surface area (Å²) in [6, 6.07) is 7.71. The maximum absolute atomic E-state index is 12.0. The van der Waals surface area contributed by atoms with Crippen molar-refractivity contribution in [2.24, 2.45) is 0 Å². The van der Waals surface area contributed by atoms with Gasteiger partial charge in [-0.15, -0.1) is 0 Å². The molecule has 0 aliphatic carbocycles. The molecule has 1 N–H and O–H groups in total. The molecule has 0 radical (unpaired) electrons. The Morgan fingerprint density at radius 2 is 2.06 bits per heavy atom. The van der Waals surface area contributed by atoms with Crippen LogP contribution in [-0.2, 0) is 10.8 Å². The molecule has 2 nitrogen and oxygen atoms in total. The smallest absolute Gasteiger partial charge is 0.0530 e. The first-order chi connectivity index (χ1) is 7.88. The molecular weight excluding hydrogens is 298 g/mol. The van der Waals surface area contributed by atoms with Crippen molar-refractivity contribution >= 4 is 26.7 Å². The van der Waals surface area contributed by atoms with Gasteiger partial charge in [-0.1, -0.05) is 22.0 Å². The highest BCUT2D eigenvalue weighted by atomic mass is 79.9. The van der Waals surface area contributed by atoms with Crippen LogP contribution in [0.1, 0.15) is 27.2 Å². The average molecular weight is 318 g/mol. The Balaban J connectivity index is 2.36. The monoisotopic (exact) mass is 317 g/mol. The van der Waals surface area contributed by atoms with E-state index in [0.717, 1.165) is 22.3 Å². The van der Waals surface area contributed by atoms with Crippen LogP contribution in [0.2, 0.25) is 0 Å². The van der Waals surface area contributed by atoms with Crippen molar-refractivity contribution in [2.45, 2.75) is 37.6 Å². The molecule has 1 unspecified atom stereocenters. The summed E-state index contributed by atoms with van der Waals surface area (Å²) in [7, 11) is -0.892. The average Bonchev–Trinajstić information content (AvgIpc) is 2.23. The maximum Gasteiger partial charge on any atom is 0.0530 e. The van der Waals surface area contributed by atoms with Gasteiger partial charge in [0.25, 0.3) is 0 Å². The molecule has 0 bridgehead atoms. The summed E-state index contributed by atoms with van der Waals surface area (Å²) in [4.78, 5) is 0.898. The van der Waals surface area contributed by atoms with Crippen LogP contribution in [0, 0.1) is 0 Å². The van der Waals surface area contributed by atoms with E-state index in [1.807, 2.05) is 24.3 Å². The zero-order valence-electron chi connectivity index (χ0n) is 10.6. The molecule has 1 rings (SSSR count). The van der Waals surface area contributed by atoms with Crippen molar-refractivity contribution in [3.8, 4) is 0 Å². The number of nitrogens with one attached hydrogen (secondary N) is 1. The minimum atomic E-state index is -0.892. The molecule has 0 amide bonds. The van der Waals surface area contributed by atoms with Crippen molar-refractivity contribution in [2.75, 3.05) is 12.3 Å². The van der Waals surface area contributed by atoms with E-state index in [2.05, 4.69) is 42.0 Å². The second-order valence-electron chi connectivity index (χ2n) is 5.04. The van der Waals surface area contributed by atoms with E-state index in [9.17, 15) is 4.21 Å². The number of benzene rings is 1. The molecule has 1 atom stereocenters. The molecule has 0 saturated heterocycles. The molecule has 17 heavy (non-hydrogen) atoms. The molecule has 0 spiro atoms. The van der Waals surface area contributed by atoms with Crippen molar-refractivity contribution in [1.82, 2.24) is 5.32 Å². The van der Waals surface area contributed by atoms with E-state index in [1.165, 1.54) is 0 Å². The topological polar surface area (TPSA) is 29.1 Å². The normalized spacial score (nSPS) is 13.6. The van der Waals surface area contributed by atoms with E-state index in [-0.39, 0.29) is 5.54 Å². The Morgan fingerprint density at radius 1 is 1.35 bits per heavy atom. The van der Waals surface area contributed by atoms with Gasteiger partial charge in [-0.2, -0.15) is 0 Å². The standard InChI is InChI=1S/C13H20BrNOS/c1-13(2,3)15-8-5-9-17(16)12-7-4-6-11(14)10-12/h4,6-7,10,15H,5,8-9H2,1-3H3. The lowest BCUT2D eigenvalue weighted by atomic mass is 10.1. The van der Waals surface area contributed by atoms with Gasteiger partial charge in [-0.05, 0) is 51.9 Å². The molecule has 0 saturated carbocycles. The van der Waals surface area contributed by atoms with E-state index >= 15 is 0 Å². The third kappa shape index (κ3) is 6.34. The van der Waals surface area contributed by atoms with Gasteiger partial charge in [0.2, 0.25) is 0 Å². The molecule has 0 fully saturated rings. The molecule has 0 aliphatic heterocycles. The van der Waals surface area contributed by atoms with Crippen LogP contribution < -0.4 is 5.32 Å². The fraction of sp³-hybridized carbons (Fsp3) is 0.538. The van der Waals surface area contributed by atoms with Crippen LogP contribution in [-0.4, -0.2) is 22.0 Å². The van der Waals surface area contributed by atoms with Gasteiger partial charge in [-0.25, -0.2) is 0 Å². The summed E-state index contributed by atoms with van der Waals surface area (Å²) >= 11 is 3.39. The van der Waals surface area contributed by atoms with Gasteiger partial charge in [-0.3, -0.25) is 4.21 Å². The Hall–Kier alpha value is -0.190. The van der Waals surface area contributed by atoms with Crippen LogP contribution in [0.5, 0.6) is 0 Å². The Bertz CT molecular complexity index is 387. The van der Waals surface area contributed by atoms with Crippen molar-refractivity contribution in [1.29, 1.82) is 0 Å². The summed E-state index contributed by atoms with van der Waals surface area (Å²) in [6.07, 6.45) is 0.927. The fourth-order valence-electron chi connectivity index (χ4n) is 1.39. The van der Waals surface area contributed by atoms with Crippen LogP contribution in [0.3, 0.4) is 0 Å². The van der Waals surface area contributed by atoms with Crippen LogP contribution >= 0.6 is 15.9 Å². The zero-order valence-corrected chi connectivity index (χ0v) is 13.0. The SMILES string of the molecule is CC(C)(C)NCCCS(=O)c1cccc(Br)c1. The van der Waals surface area contributed by atoms with Gasteiger partial charge in [0, 0.05) is 20.7 Å². The third-order valence-electron chi connectivity index (χ3n) is 2.22. The second-order valence-corrected chi connectivity index (χ2v) is 7.52. The lowest BCUT2D eigenvalue weighted by Gasteiger charge is -2.20. The summed E-state index contributed by atoms with van der Waals surface area (Å²) in [5.74, 6) is 0.708. The first-order valence-corrected chi connectivity index (χ1v) is 7.89. The first-order valence-electron chi connectivity index (χ1n) is 5.77. The number of hydrogen-bond acceptors (Lipinski definition) is 2. The van der Waals surface area contributed by atoms with E-state index in [0.29, 0.717) is 5.75 Å². The van der Waals surface area contributed by atoms with Crippen LogP contribution in [0.4, 0.5) is 0 Å². The fourth-order valence-corrected chi connectivity index (χ4v) is 3.07. The van der Waals surface area contributed by atoms with E-state index < -0.39 is 10.8 Å². The largest absolute Gasteiger partial charge is 0.312 e. The summed E-state index contributed by atoms with van der Waals surface area (Å²) in [5.41, 5.74) is 0.136. The molecule has 96 valence electrons. The quantitative estimate of drug-likeness (QED) is 0.844. The second kappa shape index (κ2) is 6.66. The Morgan fingerprint density at radius 3 is 2.65 bits per heavy atom. The summed E-state index contributed by atoms with van der Waals surface area (Å²) < 4.78 is 13.0. The predicted octanol–water partition coefficient (Wildman–Crippen LogP) is 3.33. The Labute approximate surface area is 115 Å². The molecule has 0 aromatic heterocycles. The minimum Gasteiger partial charge on any atom is -0.312 e. The molecule has 4 heteroatoms. The van der Waals surface area contributed by atoms with E-state index in [4.69, 9.17) is 0 Å². The van der Waals surface area contributed by atoms with Gasteiger partial charge in [0.05, 0.1) is 10.8 Å². The van der Waals surface area contributed by atoms with Crippen LogP contribution in [0.15, 0.2) is 33.6 Å². The lowest BCUT2D eigenvalue weighted by molar-refractivity contribution is 0.427. The number of hydrogen-bond donors (Lipinski definition) is 1. The lowest BCUT2D eigenvalue weighted by Crippen LogP contribution is -2.36. The maximum atomic E-state index is 12.0. The van der Waals surface area contributed by atoms with Crippen molar-refractivity contribution in [3.05, 3.63) is 28.7 Å². The van der Waals surface area contributed by atoms with Crippen LogP contribution in [0.25, 0.3) is 0 Å². The van der Waals surface area contributed by atoms with Crippen molar-refractivity contribution in [3.63, 3.8) is 0 Å². The van der Waals surface area contributed by atoms with Gasteiger partial charge in [0.15, 0.2) is 0 Å². The van der Waals surface area contributed by atoms with E-state index in [1.54, 1.807) is 0 Å². The highest BCUT2D eigenvalue weighted by Gasteiger charge is 2.08. The van der Waals surface area contributed by atoms with Crippen molar-refractivity contribution < 1.29 is 4.21 Å². The first kappa shape index (κ1) is 14.9. The highest BCUT2D eigenvalue weighted by Crippen LogP contribution is 2.15. The zero-order chi connectivity index (χ0) is 12.9. The molecule has 1 aromatic carbocycles. The van der Waals surface area contributed by atoms with Gasteiger partial charge in [0.1, 0.15) is 0 Å². The van der Waals surface area contributed by atoms with Gasteiger partial charge < -0.3 is 5.32 Å². The molecule has 0 aliphatic rings. The molecule has 0 heterocycles. The summed E-state index contributed by atoms with van der Waals surface area (Å²) in [5, 5.41) is 3.40. The Kier molecular flexibility index (Phi) is 5.83. The molecule has 1 aromatic rings. The number of halogens is 1. The summed E-state index contributed by atoms with van der Waals surface area (Å²) in [6.45, 7) is 7.32. The minimum absolute atomic E-state index is 0.136.